The van der Waals surface area contributed by atoms with Crippen LogP contribution >= 0.6 is 36.2 Å². The second kappa shape index (κ2) is 9.45. The van der Waals surface area contributed by atoms with Crippen LogP contribution in [0.4, 0.5) is 5.82 Å². The number of nitrogens with one attached hydrogen (secondary N) is 1. The molecule has 2 fully saturated rings. The second-order valence-corrected chi connectivity index (χ2v) is 8.84. The molecule has 0 saturated carbocycles. The summed E-state index contributed by atoms with van der Waals surface area (Å²) in [5.41, 5.74) is 2.33. The van der Waals surface area contributed by atoms with E-state index in [4.69, 9.17) is 4.74 Å². The van der Waals surface area contributed by atoms with Crippen molar-refractivity contribution in [2.75, 3.05) is 37.7 Å². The topological polar surface area (TPSA) is 70.5 Å². The minimum absolute atomic E-state index is 0. The maximum absolute atomic E-state index is 9.75. The molecule has 2 saturated heterocycles. The molecule has 3 aliphatic rings. The highest BCUT2D eigenvalue weighted by molar-refractivity contribution is 7.15. The molecule has 0 radical (unpaired) electrons. The van der Waals surface area contributed by atoms with Gasteiger partial charge < -0.3 is 20.1 Å². The predicted octanol–water partition coefficient (Wildman–Crippen LogP) is 3.16. The van der Waals surface area contributed by atoms with Crippen molar-refractivity contribution >= 4 is 42.0 Å². The summed E-state index contributed by atoms with van der Waals surface area (Å²) in [6.07, 6.45) is 6.19. The molecule has 0 amide bonds. The number of rotatable bonds is 2. The maximum Gasteiger partial charge on any atom is 0.132 e. The minimum Gasteiger partial charge on any atom is -0.393 e. The molecule has 0 aliphatic carbocycles. The zero-order valence-electron chi connectivity index (χ0n) is 16.3. The summed E-state index contributed by atoms with van der Waals surface area (Å²) in [7, 11) is 0. The van der Waals surface area contributed by atoms with E-state index in [1.165, 1.54) is 15.3 Å². The van der Waals surface area contributed by atoms with Gasteiger partial charge in [-0.3, -0.25) is 0 Å². The highest BCUT2D eigenvalue weighted by atomic mass is 35.5. The van der Waals surface area contributed by atoms with Gasteiger partial charge in [-0.05, 0) is 56.8 Å². The van der Waals surface area contributed by atoms with Crippen LogP contribution in [0.2, 0.25) is 0 Å². The zero-order valence-corrected chi connectivity index (χ0v) is 18.8. The third-order valence-corrected chi connectivity index (χ3v) is 7.46. The Hall–Kier alpha value is -0.960. The molecule has 0 aromatic carbocycles. The van der Waals surface area contributed by atoms with Crippen molar-refractivity contribution in [1.29, 1.82) is 0 Å². The number of aliphatic hydroxyl groups is 1. The first-order chi connectivity index (χ1) is 13.2. The number of hydrogen-bond donors (Lipinski definition) is 2. The van der Waals surface area contributed by atoms with Crippen LogP contribution in [0, 0.1) is 0 Å². The fraction of sp³-hybridized carbons (Fsp3) is 0.600. The molecule has 5 heterocycles. The van der Waals surface area contributed by atoms with Gasteiger partial charge in [0.2, 0.25) is 0 Å². The Morgan fingerprint density at radius 2 is 1.90 bits per heavy atom. The molecule has 2 N–H and O–H groups in total. The Kier molecular flexibility index (Phi) is 7.41. The first kappa shape index (κ1) is 22.7. The lowest BCUT2D eigenvalue weighted by atomic mass is 9.86. The number of aromatic nitrogens is 2. The van der Waals surface area contributed by atoms with E-state index in [9.17, 15) is 5.11 Å². The molecule has 6 nitrogen and oxygen atoms in total. The lowest BCUT2D eigenvalue weighted by Crippen LogP contribution is -2.43. The number of ether oxygens (including phenoxy) is 1. The lowest BCUT2D eigenvalue weighted by molar-refractivity contribution is -0.0771. The van der Waals surface area contributed by atoms with Crippen molar-refractivity contribution in [1.82, 2.24) is 15.3 Å². The van der Waals surface area contributed by atoms with E-state index in [1.807, 2.05) is 11.3 Å². The smallest absolute Gasteiger partial charge is 0.132 e. The van der Waals surface area contributed by atoms with Gasteiger partial charge in [-0.2, -0.15) is 0 Å². The summed E-state index contributed by atoms with van der Waals surface area (Å²) in [5.74, 6) is 0.964. The number of nitrogens with zero attached hydrogens (tertiary/aromatic N) is 3. The Balaban J connectivity index is 0.00000120. The third kappa shape index (κ3) is 4.40. The van der Waals surface area contributed by atoms with Crippen LogP contribution in [0.5, 0.6) is 0 Å². The number of thiophene rings is 1. The van der Waals surface area contributed by atoms with Gasteiger partial charge in [0.15, 0.2) is 0 Å². The van der Waals surface area contributed by atoms with E-state index in [2.05, 4.69) is 32.3 Å². The zero-order chi connectivity index (χ0) is 18.3. The standard InChI is InChI=1S/C20H26N4O2S.2ClH/c25-15-1-8-24(9-2-15)18-12-16(22-13-23-18)17-11-14-3-10-26-20(19(14)27-17)4-6-21-7-5-20;;/h11-13,15,21,25H,1-10H2;2*1H. The van der Waals surface area contributed by atoms with Crippen LogP contribution in [0.1, 0.15) is 36.1 Å². The molecular formula is C20H28Cl2N4O2S. The van der Waals surface area contributed by atoms with Gasteiger partial charge in [-0.1, -0.05) is 0 Å². The van der Waals surface area contributed by atoms with Crippen LogP contribution in [0.25, 0.3) is 10.6 Å². The predicted molar refractivity (Wildman–Crippen MR) is 121 cm³/mol. The fourth-order valence-electron chi connectivity index (χ4n) is 4.50. The number of piperidine rings is 2. The normalized spacial score (nSPS) is 21.2. The molecular weight excluding hydrogens is 431 g/mol. The van der Waals surface area contributed by atoms with Crippen molar-refractivity contribution < 1.29 is 9.84 Å². The highest BCUT2D eigenvalue weighted by Gasteiger charge is 2.40. The summed E-state index contributed by atoms with van der Waals surface area (Å²) in [4.78, 5) is 13.9. The summed E-state index contributed by atoms with van der Waals surface area (Å²) < 4.78 is 6.32. The van der Waals surface area contributed by atoms with Gasteiger partial charge in [0.25, 0.3) is 0 Å². The summed E-state index contributed by atoms with van der Waals surface area (Å²) in [6.45, 7) is 4.55. The average Bonchev–Trinajstić information content (AvgIpc) is 3.16. The first-order valence-corrected chi connectivity index (χ1v) is 10.8. The molecule has 1 spiro atoms. The molecule has 2 aromatic heterocycles. The Morgan fingerprint density at radius 3 is 2.66 bits per heavy atom. The van der Waals surface area contributed by atoms with E-state index in [-0.39, 0.29) is 36.5 Å². The lowest BCUT2D eigenvalue weighted by Gasteiger charge is -2.40. The summed E-state index contributed by atoms with van der Waals surface area (Å²) in [6, 6.07) is 4.42. The number of aliphatic hydroxyl groups excluding tert-OH is 1. The average molecular weight is 459 g/mol. The van der Waals surface area contributed by atoms with Crippen molar-refractivity contribution in [3.05, 3.63) is 28.9 Å². The Morgan fingerprint density at radius 1 is 1.14 bits per heavy atom. The first-order valence-electron chi connectivity index (χ1n) is 9.97. The Labute approximate surface area is 187 Å². The van der Waals surface area contributed by atoms with Crippen LogP contribution in [-0.4, -0.2) is 54.0 Å². The van der Waals surface area contributed by atoms with E-state index in [0.29, 0.717) is 0 Å². The highest BCUT2D eigenvalue weighted by Crippen LogP contribution is 2.46. The monoisotopic (exact) mass is 458 g/mol. The largest absolute Gasteiger partial charge is 0.393 e. The van der Waals surface area contributed by atoms with Crippen molar-refractivity contribution in [2.24, 2.45) is 0 Å². The number of hydrogen-bond acceptors (Lipinski definition) is 7. The number of fused-ring (bicyclic) bond motifs is 2. The minimum atomic E-state index is -0.173. The van der Waals surface area contributed by atoms with Gasteiger partial charge in [-0.15, -0.1) is 36.2 Å². The quantitative estimate of drug-likeness (QED) is 0.719. The van der Waals surface area contributed by atoms with Crippen LogP contribution in [0.3, 0.4) is 0 Å². The Bertz CT molecular complexity index is 821. The van der Waals surface area contributed by atoms with Crippen molar-refractivity contribution in [2.45, 2.75) is 43.8 Å². The van der Waals surface area contributed by atoms with Crippen LogP contribution < -0.4 is 10.2 Å². The van der Waals surface area contributed by atoms with Crippen molar-refractivity contribution in [3.63, 3.8) is 0 Å². The van der Waals surface area contributed by atoms with Gasteiger partial charge in [0.05, 0.1) is 23.3 Å². The van der Waals surface area contributed by atoms with Gasteiger partial charge in [-0.25, -0.2) is 9.97 Å². The molecule has 0 atom stereocenters. The van der Waals surface area contributed by atoms with Gasteiger partial charge in [0, 0.05) is 24.0 Å². The fourth-order valence-corrected chi connectivity index (χ4v) is 5.88. The molecule has 0 bridgehead atoms. The second-order valence-electron chi connectivity index (χ2n) is 7.79. The summed E-state index contributed by atoms with van der Waals surface area (Å²) >= 11 is 1.85. The van der Waals surface area contributed by atoms with E-state index in [0.717, 1.165) is 76.4 Å². The van der Waals surface area contributed by atoms with E-state index in [1.54, 1.807) is 6.33 Å². The van der Waals surface area contributed by atoms with Crippen molar-refractivity contribution in [3.8, 4) is 10.6 Å². The molecule has 3 aliphatic heterocycles. The van der Waals surface area contributed by atoms with E-state index < -0.39 is 0 Å². The molecule has 5 rings (SSSR count). The molecule has 160 valence electrons. The van der Waals surface area contributed by atoms with Crippen LogP contribution in [0.15, 0.2) is 18.5 Å². The molecule has 0 unspecified atom stereocenters. The number of anilines is 1. The van der Waals surface area contributed by atoms with E-state index >= 15 is 0 Å². The van der Waals surface area contributed by atoms with Gasteiger partial charge in [0.1, 0.15) is 17.7 Å². The molecule has 29 heavy (non-hydrogen) atoms. The summed E-state index contributed by atoms with van der Waals surface area (Å²) in [5, 5.41) is 13.2. The SMILES string of the molecule is Cl.Cl.OC1CCN(c2cc(-c3cc4c(s3)C3(CCNCC3)OCC4)ncn2)CC1. The van der Waals surface area contributed by atoms with Gasteiger partial charge >= 0.3 is 0 Å². The molecule has 9 heteroatoms. The number of halogens is 2. The maximum atomic E-state index is 9.75. The van der Waals surface area contributed by atoms with Crippen LogP contribution in [-0.2, 0) is 16.8 Å². The molecule has 2 aromatic rings. The third-order valence-electron chi connectivity index (χ3n) is 6.08.